The van der Waals surface area contributed by atoms with Crippen LogP contribution >= 0.6 is 0 Å². The van der Waals surface area contributed by atoms with Crippen LogP contribution < -0.4 is 9.47 Å². The molecule has 0 unspecified atom stereocenters. The molecule has 8 nitrogen and oxygen atoms in total. The zero-order chi connectivity index (χ0) is 27.6. The van der Waals surface area contributed by atoms with Crippen molar-refractivity contribution >= 4 is 17.8 Å². The number of rotatable bonds is 12. The fourth-order valence-corrected chi connectivity index (χ4v) is 5.49. The number of ether oxygens (including phenoxy) is 2. The molecule has 2 aliphatic rings. The minimum atomic E-state index is -1.12. The zero-order valence-corrected chi connectivity index (χ0v) is 22.5. The van der Waals surface area contributed by atoms with Gasteiger partial charge in [0.05, 0.1) is 30.3 Å². The van der Waals surface area contributed by atoms with E-state index in [1.807, 2.05) is 12.1 Å². The van der Waals surface area contributed by atoms with E-state index in [0.717, 1.165) is 43.1 Å². The Kier molecular flexibility index (Phi) is 10.2. The monoisotopic (exact) mass is 537 g/mol. The van der Waals surface area contributed by atoms with Crippen LogP contribution in [0.4, 0.5) is 0 Å². The van der Waals surface area contributed by atoms with E-state index >= 15 is 0 Å². The molecule has 0 aromatic heterocycles. The fourth-order valence-electron chi connectivity index (χ4n) is 5.49. The maximum Gasteiger partial charge on any atom is 0.335 e. The molecular formula is C31H39NO7. The molecule has 210 valence electrons. The van der Waals surface area contributed by atoms with E-state index in [9.17, 15) is 24.6 Å². The van der Waals surface area contributed by atoms with Gasteiger partial charge < -0.3 is 24.6 Å². The number of carboxylic acid groups (broad SMARTS) is 2. The number of hydrogen-bond donors (Lipinski definition) is 2. The van der Waals surface area contributed by atoms with Gasteiger partial charge in [0.2, 0.25) is 0 Å². The number of benzene rings is 2. The summed E-state index contributed by atoms with van der Waals surface area (Å²) in [7, 11) is 0. The third kappa shape index (κ3) is 8.22. The van der Waals surface area contributed by atoms with Crippen molar-refractivity contribution in [3.63, 3.8) is 0 Å². The van der Waals surface area contributed by atoms with Crippen LogP contribution in [0.2, 0.25) is 0 Å². The number of likely N-dealkylation sites (tertiary alicyclic amines) is 1. The van der Waals surface area contributed by atoms with Gasteiger partial charge in [-0.2, -0.15) is 0 Å². The average Bonchev–Trinajstić information content (AvgIpc) is 2.96. The lowest BCUT2D eigenvalue weighted by molar-refractivity contribution is -0.143. The Morgan fingerprint density at radius 3 is 2.23 bits per heavy atom. The number of piperidine rings is 1. The molecule has 0 atom stereocenters. The maximum absolute atomic E-state index is 13.2. The molecule has 2 N–H and O–H groups in total. The molecule has 1 saturated carbocycles. The summed E-state index contributed by atoms with van der Waals surface area (Å²) in [6, 6.07) is 12.4. The highest BCUT2D eigenvalue weighted by atomic mass is 16.5. The normalized spacial score (nSPS) is 16.6. The standard InChI is InChI=1S/C31H39NO7/c33-29(32-17-14-24(15-18-32)30(34)35)27-21-25(31(36)37)10-13-28(27)39-19-4-7-23-8-11-26(12-9-23)38-20-16-22-5-2-1-3-6-22/h8-13,21-22,24H,1-7,14-20H2,(H,34,35)(H,36,37). The van der Waals surface area contributed by atoms with Gasteiger partial charge in [0.1, 0.15) is 11.5 Å². The Morgan fingerprint density at radius 1 is 0.846 bits per heavy atom. The van der Waals surface area contributed by atoms with Gasteiger partial charge in [-0.15, -0.1) is 0 Å². The van der Waals surface area contributed by atoms with E-state index in [1.165, 1.54) is 50.3 Å². The summed E-state index contributed by atoms with van der Waals surface area (Å²) < 4.78 is 11.9. The number of hydrogen-bond acceptors (Lipinski definition) is 5. The molecule has 2 aromatic rings. The second-order valence-corrected chi connectivity index (χ2v) is 10.7. The van der Waals surface area contributed by atoms with Crippen molar-refractivity contribution in [1.82, 2.24) is 4.90 Å². The van der Waals surface area contributed by atoms with Crippen molar-refractivity contribution < 1.29 is 34.1 Å². The minimum absolute atomic E-state index is 0.00664. The number of aliphatic carboxylic acids is 1. The van der Waals surface area contributed by atoms with Crippen LogP contribution in [0.3, 0.4) is 0 Å². The van der Waals surface area contributed by atoms with Gasteiger partial charge in [-0.05, 0) is 73.9 Å². The molecule has 0 radical (unpaired) electrons. The number of amides is 1. The number of carbonyl (C=O) groups excluding carboxylic acids is 1. The Labute approximate surface area is 229 Å². The second-order valence-electron chi connectivity index (χ2n) is 10.7. The molecule has 0 bridgehead atoms. The molecule has 2 aromatic carbocycles. The van der Waals surface area contributed by atoms with E-state index in [2.05, 4.69) is 12.1 Å². The number of carbonyl (C=O) groups is 3. The van der Waals surface area contributed by atoms with Gasteiger partial charge in [0.25, 0.3) is 5.91 Å². The van der Waals surface area contributed by atoms with E-state index in [-0.39, 0.29) is 17.0 Å². The lowest BCUT2D eigenvalue weighted by Gasteiger charge is -2.30. The third-order valence-electron chi connectivity index (χ3n) is 7.90. The molecule has 1 saturated heterocycles. The molecule has 0 spiro atoms. The van der Waals surface area contributed by atoms with Crippen molar-refractivity contribution in [2.24, 2.45) is 11.8 Å². The van der Waals surface area contributed by atoms with Crippen LogP contribution in [0.25, 0.3) is 0 Å². The number of aryl methyl sites for hydroxylation is 1. The van der Waals surface area contributed by atoms with Crippen LogP contribution in [0, 0.1) is 11.8 Å². The first-order chi connectivity index (χ1) is 18.9. The van der Waals surface area contributed by atoms with Crippen LogP contribution in [-0.4, -0.2) is 59.3 Å². The molecule has 1 heterocycles. The molecule has 8 heteroatoms. The quantitative estimate of drug-likeness (QED) is 0.335. The predicted octanol–water partition coefficient (Wildman–Crippen LogP) is 5.68. The number of aromatic carboxylic acids is 1. The molecule has 1 aliphatic carbocycles. The SMILES string of the molecule is O=C(O)c1ccc(OCCCc2ccc(OCCC3CCCCC3)cc2)c(C(=O)N2CCC(C(=O)O)CC2)c1. The highest BCUT2D eigenvalue weighted by Crippen LogP contribution is 2.27. The highest BCUT2D eigenvalue weighted by molar-refractivity contribution is 6.00. The summed E-state index contributed by atoms with van der Waals surface area (Å²) in [4.78, 5) is 37.5. The molecule has 39 heavy (non-hydrogen) atoms. The molecule has 1 aliphatic heterocycles. The van der Waals surface area contributed by atoms with Gasteiger partial charge in [-0.25, -0.2) is 4.79 Å². The summed E-state index contributed by atoms with van der Waals surface area (Å²) >= 11 is 0. The summed E-state index contributed by atoms with van der Waals surface area (Å²) in [5.74, 6) is -0.740. The lowest BCUT2D eigenvalue weighted by Crippen LogP contribution is -2.40. The van der Waals surface area contributed by atoms with Gasteiger partial charge in [0.15, 0.2) is 0 Å². The molecule has 4 rings (SSSR count). The molecule has 1 amide bonds. The first kappa shape index (κ1) is 28.5. The van der Waals surface area contributed by atoms with Crippen LogP contribution in [0.15, 0.2) is 42.5 Å². The number of carboxylic acids is 2. The Bertz CT molecular complexity index is 1120. The van der Waals surface area contributed by atoms with E-state index in [4.69, 9.17) is 9.47 Å². The highest BCUT2D eigenvalue weighted by Gasteiger charge is 2.29. The summed E-state index contributed by atoms with van der Waals surface area (Å²) in [5, 5.41) is 18.6. The third-order valence-corrected chi connectivity index (χ3v) is 7.90. The van der Waals surface area contributed by atoms with E-state index in [0.29, 0.717) is 38.3 Å². The zero-order valence-electron chi connectivity index (χ0n) is 22.5. The van der Waals surface area contributed by atoms with Crippen molar-refractivity contribution in [1.29, 1.82) is 0 Å². The second kappa shape index (κ2) is 14.0. The van der Waals surface area contributed by atoms with Crippen molar-refractivity contribution in [3.05, 3.63) is 59.2 Å². The largest absolute Gasteiger partial charge is 0.494 e. The van der Waals surface area contributed by atoms with Crippen LogP contribution in [0.1, 0.15) is 84.1 Å². The summed E-state index contributed by atoms with van der Waals surface area (Å²) in [5.41, 5.74) is 1.36. The van der Waals surface area contributed by atoms with Crippen LogP contribution in [0.5, 0.6) is 11.5 Å². The average molecular weight is 538 g/mol. The lowest BCUT2D eigenvalue weighted by atomic mass is 9.87. The first-order valence-corrected chi connectivity index (χ1v) is 14.1. The van der Waals surface area contributed by atoms with Gasteiger partial charge in [-0.3, -0.25) is 9.59 Å². The van der Waals surface area contributed by atoms with Gasteiger partial charge in [0, 0.05) is 13.1 Å². The predicted molar refractivity (Wildman–Crippen MR) is 147 cm³/mol. The van der Waals surface area contributed by atoms with Crippen molar-refractivity contribution in [2.45, 2.75) is 64.2 Å². The smallest absolute Gasteiger partial charge is 0.335 e. The van der Waals surface area contributed by atoms with Gasteiger partial charge >= 0.3 is 11.9 Å². The van der Waals surface area contributed by atoms with E-state index < -0.39 is 17.9 Å². The summed E-state index contributed by atoms with van der Waals surface area (Å²) in [6.07, 6.45) is 10.1. The number of nitrogens with zero attached hydrogens (tertiary/aromatic N) is 1. The maximum atomic E-state index is 13.2. The van der Waals surface area contributed by atoms with Gasteiger partial charge in [-0.1, -0.05) is 44.2 Å². The Hall–Kier alpha value is -3.55. The summed E-state index contributed by atoms with van der Waals surface area (Å²) in [6.45, 7) is 1.75. The molecule has 2 fully saturated rings. The fraction of sp³-hybridized carbons (Fsp3) is 0.516. The van der Waals surface area contributed by atoms with Crippen molar-refractivity contribution in [3.8, 4) is 11.5 Å². The Balaban J connectivity index is 1.26. The van der Waals surface area contributed by atoms with Crippen molar-refractivity contribution in [2.75, 3.05) is 26.3 Å². The van der Waals surface area contributed by atoms with Crippen LogP contribution in [-0.2, 0) is 11.2 Å². The topological polar surface area (TPSA) is 113 Å². The minimum Gasteiger partial charge on any atom is -0.494 e. The first-order valence-electron chi connectivity index (χ1n) is 14.1. The van der Waals surface area contributed by atoms with E-state index in [1.54, 1.807) is 4.90 Å². The molecular weight excluding hydrogens is 498 g/mol. The Morgan fingerprint density at radius 2 is 1.56 bits per heavy atom.